The number of ether oxygens (including phenoxy) is 3. The topological polar surface area (TPSA) is 110 Å². The van der Waals surface area contributed by atoms with Crippen LogP contribution < -0.4 is 20.1 Å². The zero-order valence-corrected chi connectivity index (χ0v) is 16.6. The monoisotopic (exact) mass is 407 g/mol. The average molecular weight is 407 g/mol. The summed E-state index contributed by atoms with van der Waals surface area (Å²) in [4.78, 5) is 25.0. The Kier molecular flexibility index (Phi) is 6.55. The highest BCUT2D eigenvalue weighted by molar-refractivity contribution is 5.95. The Morgan fingerprint density at radius 1 is 1.17 bits per heavy atom. The molecule has 2 amide bonds. The summed E-state index contributed by atoms with van der Waals surface area (Å²) in [7, 11) is 1.56. The molecule has 8 heteroatoms. The van der Waals surface area contributed by atoms with Gasteiger partial charge in [-0.1, -0.05) is 18.2 Å². The van der Waals surface area contributed by atoms with Gasteiger partial charge in [0.15, 0.2) is 0 Å². The molecule has 1 atom stereocenters. The molecule has 0 spiro atoms. The van der Waals surface area contributed by atoms with Crippen molar-refractivity contribution in [1.29, 1.82) is 5.26 Å². The van der Waals surface area contributed by atoms with Crippen LogP contribution in [0.4, 0.5) is 4.79 Å². The zero-order valence-electron chi connectivity index (χ0n) is 16.6. The molecule has 0 radical (unpaired) electrons. The van der Waals surface area contributed by atoms with Crippen molar-refractivity contribution in [3.05, 3.63) is 70.9 Å². The predicted molar refractivity (Wildman–Crippen MR) is 108 cm³/mol. The molecule has 1 unspecified atom stereocenters. The van der Waals surface area contributed by atoms with Crippen molar-refractivity contribution < 1.29 is 23.8 Å². The number of hydrogen-bond donors (Lipinski definition) is 2. The number of nitriles is 1. The second kappa shape index (κ2) is 9.47. The second-order valence-electron chi connectivity index (χ2n) is 6.35. The predicted octanol–water partition coefficient (Wildman–Crippen LogP) is 2.82. The van der Waals surface area contributed by atoms with Gasteiger partial charge >= 0.3 is 12.0 Å². The van der Waals surface area contributed by atoms with Gasteiger partial charge in [-0.05, 0) is 42.8 Å². The lowest BCUT2D eigenvalue weighted by molar-refractivity contribution is -0.139. The van der Waals surface area contributed by atoms with E-state index in [1.165, 1.54) is 0 Å². The molecule has 0 bridgehead atoms. The molecule has 2 aromatic carbocycles. The van der Waals surface area contributed by atoms with E-state index in [0.29, 0.717) is 28.3 Å². The average Bonchev–Trinajstić information content (AvgIpc) is 2.77. The SMILES string of the molecule is CCOC(=O)C1=C(COc2cccc(C#N)c2)NC(=O)NC1c1ccc(OC)cc1. The van der Waals surface area contributed by atoms with E-state index < -0.39 is 18.0 Å². The van der Waals surface area contributed by atoms with Crippen LogP contribution in [0.2, 0.25) is 0 Å². The van der Waals surface area contributed by atoms with E-state index in [9.17, 15) is 9.59 Å². The summed E-state index contributed by atoms with van der Waals surface area (Å²) in [5.41, 5.74) is 1.67. The Morgan fingerprint density at radius 3 is 2.60 bits per heavy atom. The number of esters is 1. The largest absolute Gasteiger partial charge is 0.497 e. The van der Waals surface area contributed by atoms with Crippen LogP contribution >= 0.6 is 0 Å². The third-order valence-corrected chi connectivity index (χ3v) is 4.44. The Morgan fingerprint density at radius 2 is 1.93 bits per heavy atom. The van der Waals surface area contributed by atoms with Crippen LogP contribution in [-0.4, -0.2) is 32.3 Å². The minimum Gasteiger partial charge on any atom is -0.497 e. The minimum absolute atomic E-state index is 0.0803. The first-order chi connectivity index (χ1) is 14.5. The van der Waals surface area contributed by atoms with Gasteiger partial charge in [-0.2, -0.15) is 5.26 Å². The molecule has 1 aliphatic heterocycles. The molecule has 3 rings (SSSR count). The summed E-state index contributed by atoms with van der Waals surface area (Å²) in [5, 5.41) is 14.4. The maximum Gasteiger partial charge on any atom is 0.338 e. The van der Waals surface area contributed by atoms with Gasteiger partial charge in [-0.15, -0.1) is 0 Å². The molecular weight excluding hydrogens is 386 g/mol. The normalized spacial score (nSPS) is 15.5. The Labute approximate surface area is 174 Å². The first-order valence-corrected chi connectivity index (χ1v) is 9.30. The standard InChI is InChI=1S/C22H21N3O5/c1-3-29-21(26)19-18(13-30-17-6-4-5-14(11-17)12-23)24-22(27)25-20(19)15-7-9-16(28-2)10-8-15/h4-11,20H,3,13H2,1-2H3,(H2,24,25,27). The summed E-state index contributed by atoms with van der Waals surface area (Å²) in [6.07, 6.45) is 0. The summed E-state index contributed by atoms with van der Waals surface area (Å²) < 4.78 is 16.1. The van der Waals surface area contributed by atoms with Gasteiger partial charge < -0.3 is 24.8 Å². The number of carbonyl (C=O) groups excluding carboxylic acids is 2. The molecule has 0 fully saturated rings. The summed E-state index contributed by atoms with van der Waals surface area (Å²) in [6.45, 7) is 1.81. The van der Waals surface area contributed by atoms with Gasteiger partial charge in [-0.25, -0.2) is 9.59 Å². The van der Waals surface area contributed by atoms with Gasteiger partial charge in [0, 0.05) is 0 Å². The Balaban J connectivity index is 1.95. The van der Waals surface area contributed by atoms with E-state index >= 15 is 0 Å². The number of benzene rings is 2. The molecule has 30 heavy (non-hydrogen) atoms. The van der Waals surface area contributed by atoms with E-state index in [4.69, 9.17) is 19.5 Å². The fraction of sp³-hybridized carbons (Fsp3) is 0.227. The molecule has 2 N–H and O–H groups in total. The number of carbonyl (C=O) groups is 2. The van der Waals surface area contributed by atoms with Crippen LogP contribution in [-0.2, 0) is 9.53 Å². The Bertz CT molecular complexity index is 1010. The fourth-order valence-electron chi connectivity index (χ4n) is 3.04. The summed E-state index contributed by atoms with van der Waals surface area (Å²) >= 11 is 0. The Hall–Kier alpha value is -3.99. The van der Waals surface area contributed by atoms with Crippen molar-refractivity contribution in [2.24, 2.45) is 0 Å². The summed E-state index contributed by atoms with van der Waals surface area (Å²) in [5.74, 6) is 0.537. The lowest BCUT2D eigenvalue weighted by Gasteiger charge is -2.29. The smallest absolute Gasteiger partial charge is 0.338 e. The minimum atomic E-state index is -0.715. The van der Waals surface area contributed by atoms with Crippen LogP contribution in [0.1, 0.15) is 24.1 Å². The van der Waals surface area contributed by atoms with Crippen molar-refractivity contribution in [2.45, 2.75) is 13.0 Å². The molecule has 2 aromatic rings. The van der Waals surface area contributed by atoms with Crippen molar-refractivity contribution in [3.8, 4) is 17.6 Å². The highest BCUT2D eigenvalue weighted by atomic mass is 16.5. The molecule has 0 aromatic heterocycles. The number of hydrogen-bond acceptors (Lipinski definition) is 6. The zero-order chi connectivity index (χ0) is 21.5. The van der Waals surface area contributed by atoms with Crippen molar-refractivity contribution in [2.75, 3.05) is 20.3 Å². The fourth-order valence-corrected chi connectivity index (χ4v) is 3.04. The van der Waals surface area contributed by atoms with Crippen molar-refractivity contribution in [3.63, 3.8) is 0 Å². The number of nitrogens with zero attached hydrogens (tertiary/aromatic N) is 1. The molecule has 154 valence electrons. The number of rotatable bonds is 7. The molecule has 0 aliphatic carbocycles. The maximum absolute atomic E-state index is 12.7. The van der Waals surface area contributed by atoms with Crippen LogP contribution in [0.5, 0.6) is 11.5 Å². The van der Waals surface area contributed by atoms with Crippen LogP contribution in [0.25, 0.3) is 0 Å². The number of amides is 2. The van der Waals surface area contributed by atoms with Crippen LogP contribution in [0.3, 0.4) is 0 Å². The maximum atomic E-state index is 12.7. The van der Waals surface area contributed by atoms with Crippen molar-refractivity contribution in [1.82, 2.24) is 10.6 Å². The van der Waals surface area contributed by atoms with E-state index in [1.54, 1.807) is 62.6 Å². The molecule has 0 saturated heterocycles. The third kappa shape index (κ3) is 4.70. The molecular formula is C22H21N3O5. The quantitative estimate of drug-likeness (QED) is 0.683. The third-order valence-electron chi connectivity index (χ3n) is 4.44. The van der Waals surface area contributed by atoms with E-state index in [1.807, 2.05) is 6.07 Å². The van der Waals surface area contributed by atoms with E-state index in [0.717, 1.165) is 0 Å². The summed E-state index contributed by atoms with van der Waals surface area (Å²) in [6, 6.07) is 14.5. The lowest BCUT2D eigenvalue weighted by Crippen LogP contribution is -2.47. The first kappa shape index (κ1) is 20.7. The van der Waals surface area contributed by atoms with Gasteiger partial charge in [-0.3, -0.25) is 0 Å². The number of methoxy groups -OCH3 is 1. The molecule has 1 heterocycles. The van der Waals surface area contributed by atoms with Gasteiger partial charge in [0.2, 0.25) is 0 Å². The molecule has 0 saturated carbocycles. The van der Waals surface area contributed by atoms with E-state index in [2.05, 4.69) is 10.6 Å². The van der Waals surface area contributed by atoms with Crippen LogP contribution in [0, 0.1) is 11.3 Å². The van der Waals surface area contributed by atoms with Gasteiger partial charge in [0.1, 0.15) is 18.1 Å². The molecule has 8 nitrogen and oxygen atoms in total. The second-order valence-corrected chi connectivity index (χ2v) is 6.35. The van der Waals surface area contributed by atoms with Gasteiger partial charge in [0.05, 0.1) is 42.7 Å². The van der Waals surface area contributed by atoms with Crippen LogP contribution in [0.15, 0.2) is 59.8 Å². The van der Waals surface area contributed by atoms with Crippen molar-refractivity contribution >= 4 is 12.0 Å². The number of nitrogens with one attached hydrogen (secondary N) is 2. The number of urea groups is 1. The lowest BCUT2D eigenvalue weighted by atomic mass is 9.95. The highest BCUT2D eigenvalue weighted by Crippen LogP contribution is 2.29. The first-order valence-electron chi connectivity index (χ1n) is 9.30. The van der Waals surface area contributed by atoms with Gasteiger partial charge in [0.25, 0.3) is 0 Å². The van der Waals surface area contributed by atoms with E-state index in [-0.39, 0.29) is 18.8 Å². The highest BCUT2D eigenvalue weighted by Gasteiger charge is 2.34. The molecule has 1 aliphatic rings.